The first-order valence-corrected chi connectivity index (χ1v) is 3.96. The summed E-state index contributed by atoms with van der Waals surface area (Å²) in [5, 5.41) is 12.8. The van der Waals surface area contributed by atoms with E-state index in [0.717, 1.165) is 5.56 Å². The molecule has 5 heteroatoms. The van der Waals surface area contributed by atoms with Crippen LogP contribution in [-0.4, -0.2) is 14.9 Å². The van der Waals surface area contributed by atoms with Crippen LogP contribution in [0.5, 0.6) is 0 Å². The fraction of sp³-hybridized carbons (Fsp3) is 0. The molecule has 0 saturated heterocycles. The lowest BCUT2D eigenvalue weighted by molar-refractivity contribution is 0.835. The van der Waals surface area contributed by atoms with E-state index in [4.69, 9.17) is 11.1 Å². The zero-order chi connectivity index (χ0) is 9.97. The first-order valence-electron chi connectivity index (χ1n) is 3.96. The van der Waals surface area contributed by atoms with Crippen LogP contribution in [0.15, 0.2) is 30.7 Å². The molecule has 0 radical (unpaired) electrons. The second-order valence-electron chi connectivity index (χ2n) is 2.71. The number of nitrogens with zero attached hydrogens (tertiary/aromatic N) is 4. The molecule has 0 spiro atoms. The van der Waals surface area contributed by atoms with Gasteiger partial charge in [-0.05, 0) is 12.1 Å². The third kappa shape index (κ3) is 1.29. The molecule has 14 heavy (non-hydrogen) atoms. The summed E-state index contributed by atoms with van der Waals surface area (Å²) in [6, 6.07) is 5.53. The molecule has 0 aliphatic heterocycles. The minimum atomic E-state index is 0.492. The molecule has 2 heterocycles. The molecular formula is C9H7N5. The minimum absolute atomic E-state index is 0.492. The summed E-state index contributed by atoms with van der Waals surface area (Å²) in [7, 11) is 0. The van der Waals surface area contributed by atoms with E-state index in [0.29, 0.717) is 11.3 Å². The van der Waals surface area contributed by atoms with Crippen LogP contribution >= 0.6 is 0 Å². The molecule has 68 valence electrons. The lowest BCUT2D eigenvalue weighted by Crippen LogP contribution is -2.07. The van der Waals surface area contributed by atoms with E-state index < -0.39 is 0 Å². The SMILES string of the molecule is N#Cc1cnccc1-c1ccn(N)n1. The van der Waals surface area contributed by atoms with Crippen molar-refractivity contribution in [1.29, 1.82) is 5.26 Å². The van der Waals surface area contributed by atoms with E-state index in [1.807, 2.05) is 0 Å². The maximum absolute atomic E-state index is 8.83. The van der Waals surface area contributed by atoms with E-state index >= 15 is 0 Å². The molecular weight excluding hydrogens is 178 g/mol. The Morgan fingerprint density at radius 3 is 2.93 bits per heavy atom. The number of nitriles is 1. The average molecular weight is 185 g/mol. The first-order chi connectivity index (χ1) is 6.81. The Hall–Kier alpha value is -2.35. The molecule has 2 rings (SSSR count). The standard InChI is InChI=1S/C9H7N5/c10-5-7-6-12-3-1-8(7)9-2-4-14(11)13-9/h1-4,6H,11H2. The van der Waals surface area contributed by atoms with Gasteiger partial charge in [-0.3, -0.25) is 4.98 Å². The van der Waals surface area contributed by atoms with Gasteiger partial charge in [0.2, 0.25) is 0 Å². The van der Waals surface area contributed by atoms with Crippen molar-refractivity contribution in [2.24, 2.45) is 0 Å². The van der Waals surface area contributed by atoms with Crippen LogP contribution in [0.3, 0.4) is 0 Å². The minimum Gasteiger partial charge on any atom is -0.323 e. The Morgan fingerprint density at radius 1 is 1.43 bits per heavy atom. The van der Waals surface area contributed by atoms with Crippen molar-refractivity contribution in [3.63, 3.8) is 0 Å². The van der Waals surface area contributed by atoms with Crippen molar-refractivity contribution in [3.8, 4) is 17.3 Å². The Morgan fingerprint density at radius 2 is 2.29 bits per heavy atom. The average Bonchev–Trinajstić information content (AvgIpc) is 2.65. The van der Waals surface area contributed by atoms with Crippen molar-refractivity contribution >= 4 is 0 Å². The summed E-state index contributed by atoms with van der Waals surface area (Å²) < 4.78 is 0. The monoisotopic (exact) mass is 185 g/mol. The number of hydrogen-bond donors (Lipinski definition) is 1. The van der Waals surface area contributed by atoms with Crippen LogP contribution in [-0.2, 0) is 0 Å². The van der Waals surface area contributed by atoms with Gasteiger partial charge >= 0.3 is 0 Å². The Balaban J connectivity index is 2.57. The number of nitrogen functional groups attached to an aromatic ring is 1. The zero-order valence-electron chi connectivity index (χ0n) is 7.25. The van der Waals surface area contributed by atoms with E-state index in [1.165, 1.54) is 11.0 Å². The van der Waals surface area contributed by atoms with E-state index in [1.54, 1.807) is 24.5 Å². The summed E-state index contributed by atoms with van der Waals surface area (Å²) in [4.78, 5) is 5.07. The Bertz CT molecular complexity index is 494. The second-order valence-corrected chi connectivity index (χ2v) is 2.71. The maximum atomic E-state index is 8.83. The molecule has 0 amide bonds. The van der Waals surface area contributed by atoms with Crippen molar-refractivity contribution in [2.45, 2.75) is 0 Å². The van der Waals surface area contributed by atoms with Gasteiger partial charge in [-0.15, -0.1) is 0 Å². The van der Waals surface area contributed by atoms with Crippen molar-refractivity contribution < 1.29 is 0 Å². The van der Waals surface area contributed by atoms with Crippen molar-refractivity contribution in [3.05, 3.63) is 36.3 Å². The summed E-state index contributed by atoms with van der Waals surface area (Å²) >= 11 is 0. The van der Waals surface area contributed by atoms with Crippen molar-refractivity contribution in [2.75, 3.05) is 5.84 Å². The highest BCUT2D eigenvalue weighted by atomic mass is 15.5. The lowest BCUT2D eigenvalue weighted by Gasteiger charge is -1.97. The van der Waals surface area contributed by atoms with Crippen LogP contribution < -0.4 is 5.84 Å². The van der Waals surface area contributed by atoms with E-state index in [-0.39, 0.29) is 0 Å². The molecule has 0 aliphatic rings. The molecule has 0 bridgehead atoms. The van der Waals surface area contributed by atoms with E-state index in [2.05, 4.69) is 16.2 Å². The van der Waals surface area contributed by atoms with Gasteiger partial charge in [0, 0.05) is 24.2 Å². The zero-order valence-corrected chi connectivity index (χ0v) is 7.25. The van der Waals surface area contributed by atoms with Crippen LogP contribution in [0.2, 0.25) is 0 Å². The summed E-state index contributed by atoms with van der Waals surface area (Å²) in [5.74, 6) is 5.41. The summed E-state index contributed by atoms with van der Waals surface area (Å²) in [5.41, 5.74) is 1.91. The topological polar surface area (TPSA) is 80.5 Å². The van der Waals surface area contributed by atoms with Crippen LogP contribution in [0.25, 0.3) is 11.3 Å². The second kappa shape index (κ2) is 3.18. The molecule has 0 unspecified atom stereocenters. The fourth-order valence-electron chi connectivity index (χ4n) is 1.19. The van der Waals surface area contributed by atoms with Crippen LogP contribution in [0, 0.1) is 11.3 Å². The molecule has 0 atom stereocenters. The third-order valence-electron chi connectivity index (χ3n) is 1.83. The number of aromatic nitrogens is 3. The van der Waals surface area contributed by atoms with Gasteiger partial charge in [-0.25, -0.2) is 0 Å². The van der Waals surface area contributed by atoms with Crippen LogP contribution in [0.1, 0.15) is 5.56 Å². The predicted octanol–water partition coefficient (Wildman–Crippen LogP) is 0.531. The Labute approximate surface area is 80.4 Å². The van der Waals surface area contributed by atoms with Gasteiger partial charge in [0.05, 0.1) is 11.3 Å². The molecule has 2 N–H and O–H groups in total. The molecule has 2 aromatic rings. The largest absolute Gasteiger partial charge is 0.323 e. The normalized spacial score (nSPS) is 9.64. The van der Waals surface area contributed by atoms with Gasteiger partial charge in [0.15, 0.2) is 0 Å². The Kier molecular flexibility index (Phi) is 1.88. The smallest absolute Gasteiger partial charge is 0.101 e. The maximum Gasteiger partial charge on any atom is 0.101 e. The molecule has 0 saturated carbocycles. The third-order valence-corrected chi connectivity index (χ3v) is 1.83. The van der Waals surface area contributed by atoms with Gasteiger partial charge in [-0.2, -0.15) is 15.2 Å². The first kappa shape index (κ1) is 8.26. The predicted molar refractivity (Wildman–Crippen MR) is 50.3 cm³/mol. The fourth-order valence-corrected chi connectivity index (χ4v) is 1.19. The van der Waals surface area contributed by atoms with Gasteiger partial charge in [0.25, 0.3) is 0 Å². The number of pyridine rings is 1. The number of rotatable bonds is 1. The summed E-state index contributed by atoms with van der Waals surface area (Å²) in [6.45, 7) is 0. The number of hydrogen-bond acceptors (Lipinski definition) is 4. The highest BCUT2D eigenvalue weighted by Crippen LogP contribution is 2.19. The quantitative estimate of drug-likeness (QED) is 0.657. The molecule has 0 fully saturated rings. The highest BCUT2D eigenvalue weighted by molar-refractivity contribution is 5.65. The number of nitrogens with two attached hydrogens (primary N) is 1. The summed E-state index contributed by atoms with van der Waals surface area (Å²) in [6.07, 6.45) is 4.74. The van der Waals surface area contributed by atoms with Crippen LogP contribution in [0.4, 0.5) is 0 Å². The van der Waals surface area contributed by atoms with Crippen molar-refractivity contribution in [1.82, 2.24) is 14.9 Å². The van der Waals surface area contributed by atoms with Gasteiger partial charge < -0.3 is 5.84 Å². The molecule has 0 aliphatic carbocycles. The molecule has 2 aromatic heterocycles. The van der Waals surface area contributed by atoms with Gasteiger partial charge in [0.1, 0.15) is 6.07 Å². The molecule has 5 nitrogen and oxygen atoms in total. The van der Waals surface area contributed by atoms with E-state index in [9.17, 15) is 0 Å². The van der Waals surface area contributed by atoms with Gasteiger partial charge in [-0.1, -0.05) is 0 Å². The highest BCUT2D eigenvalue weighted by Gasteiger charge is 2.06. The lowest BCUT2D eigenvalue weighted by atomic mass is 10.1. The molecule has 0 aromatic carbocycles.